The van der Waals surface area contributed by atoms with Crippen LogP contribution in [0, 0.1) is 22.0 Å². The highest BCUT2D eigenvalue weighted by atomic mass is 16.6. The van der Waals surface area contributed by atoms with E-state index in [9.17, 15) is 24.8 Å². The van der Waals surface area contributed by atoms with Crippen LogP contribution in [0.15, 0.2) is 59.6 Å². The maximum Gasteiger partial charge on any atom is 0.315 e. The molecule has 2 aromatic rings. The molecule has 0 saturated heterocycles. The minimum atomic E-state index is -1.34. The first-order chi connectivity index (χ1) is 20.1. The SMILES string of the molecule is CCCCCCOC(=O)C1C(C)=NC(C)(NCC(O)COc2ccccc2)C(C(=O)OC)C1c1cccc([N+](=O)[O-])c1. The zero-order chi connectivity index (χ0) is 30.7. The van der Waals surface area contributed by atoms with Gasteiger partial charge in [0.15, 0.2) is 0 Å². The minimum Gasteiger partial charge on any atom is -0.491 e. The lowest BCUT2D eigenvalue weighted by Crippen LogP contribution is -2.60. The van der Waals surface area contributed by atoms with Crippen molar-refractivity contribution in [1.29, 1.82) is 0 Å². The molecule has 1 aliphatic rings. The van der Waals surface area contributed by atoms with E-state index in [1.807, 2.05) is 18.2 Å². The van der Waals surface area contributed by atoms with Crippen LogP contribution >= 0.6 is 0 Å². The normalized spacial score (nSPS) is 22.5. The third kappa shape index (κ3) is 8.36. The summed E-state index contributed by atoms with van der Waals surface area (Å²) < 4.78 is 16.5. The Hall–Kier alpha value is -3.83. The number of aliphatic imine (C=N–C) groups is 1. The number of para-hydroxylation sites is 1. The van der Waals surface area contributed by atoms with Gasteiger partial charge < -0.3 is 19.3 Å². The van der Waals surface area contributed by atoms with Crippen molar-refractivity contribution in [3.63, 3.8) is 0 Å². The van der Waals surface area contributed by atoms with Gasteiger partial charge >= 0.3 is 11.9 Å². The van der Waals surface area contributed by atoms with Gasteiger partial charge in [0.05, 0.1) is 18.6 Å². The van der Waals surface area contributed by atoms with Crippen LogP contribution in [-0.2, 0) is 19.1 Å². The molecule has 2 N–H and O–H groups in total. The average molecular weight is 584 g/mol. The topological polar surface area (TPSA) is 150 Å². The summed E-state index contributed by atoms with van der Waals surface area (Å²) in [5.41, 5.74) is -0.706. The van der Waals surface area contributed by atoms with Crippen LogP contribution < -0.4 is 10.1 Å². The maximum absolute atomic E-state index is 13.5. The number of aliphatic hydroxyl groups is 1. The smallest absolute Gasteiger partial charge is 0.315 e. The number of nitrogens with one attached hydrogen (secondary N) is 1. The summed E-state index contributed by atoms with van der Waals surface area (Å²) >= 11 is 0. The largest absolute Gasteiger partial charge is 0.491 e. The quantitative estimate of drug-likeness (QED) is 0.134. The fourth-order valence-corrected chi connectivity index (χ4v) is 5.39. The highest BCUT2D eigenvalue weighted by molar-refractivity contribution is 6.04. The molecule has 0 spiro atoms. The number of hydrogen-bond acceptors (Lipinski definition) is 10. The van der Waals surface area contributed by atoms with E-state index in [0.29, 0.717) is 23.4 Å². The summed E-state index contributed by atoms with van der Waals surface area (Å²) in [6.45, 7) is 5.65. The Morgan fingerprint density at radius 2 is 1.86 bits per heavy atom. The van der Waals surface area contributed by atoms with E-state index in [-0.39, 0.29) is 25.4 Å². The molecule has 42 heavy (non-hydrogen) atoms. The number of carbonyl (C=O) groups excluding carboxylic acids is 2. The van der Waals surface area contributed by atoms with Crippen molar-refractivity contribution in [2.45, 2.75) is 64.1 Å². The molecule has 0 amide bonds. The molecule has 0 bridgehead atoms. The number of aliphatic hydroxyl groups excluding tert-OH is 1. The first-order valence-corrected chi connectivity index (χ1v) is 14.3. The molecule has 0 aromatic heterocycles. The van der Waals surface area contributed by atoms with E-state index in [4.69, 9.17) is 19.2 Å². The fraction of sp³-hybridized carbons (Fsp3) is 0.516. The van der Waals surface area contributed by atoms with Gasteiger partial charge in [-0.25, -0.2) is 0 Å². The van der Waals surface area contributed by atoms with E-state index < -0.39 is 46.4 Å². The van der Waals surface area contributed by atoms with Crippen molar-refractivity contribution < 1.29 is 33.8 Å². The van der Waals surface area contributed by atoms with Crippen LogP contribution in [-0.4, -0.2) is 66.3 Å². The molecule has 5 atom stereocenters. The first kappa shape index (κ1) is 32.7. The van der Waals surface area contributed by atoms with Crippen LogP contribution in [0.2, 0.25) is 0 Å². The maximum atomic E-state index is 13.5. The predicted octanol–water partition coefficient (Wildman–Crippen LogP) is 4.43. The monoisotopic (exact) mass is 583 g/mol. The van der Waals surface area contributed by atoms with Crippen molar-refractivity contribution in [3.05, 3.63) is 70.3 Å². The van der Waals surface area contributed by atoms with Gasteiger partial charge in [-0.05, 0) is 38.0 Å². The Bertz CT molecular complexity index is 1240. The first-order valence-electron chi connectivity index (χ1n) is 14.3. The van der Waals surface area contributed by atoms with Crippen molar-refractivity contribution in [1.82, 2.24) is 5.32 Å². The third-order valence-electron chi connectivity index (χ3n) is 7.48. The van der Waals surface area contributed by atoms with E-state index >= 15 is 0 Å². The van der Waals surface area contributed by atoms with Gasteiger partial charge in [-0.15, -0.1) is 0 Å². The lowest BCUT2D eigenvalue weighted by molar-refractivity contribution is -0.385. The number of non-ortho nitro benzene ring substituents is 1. The van der Waals surface area contributed by atoms with Gasteiger partial charge in [0, 0.05) is 30.3 Å². The molecule has 0 radical (unpaired) electrons. The molecule has 11 heteroatoms. The van der Waals surface area contributed by atoms with Gasteiger partial charge in [0.2, 0.25) is 0 Å². The molecule has 5 unspecified atom stereocenters. The number of rotatable bonds is 15. The zero-order valence-corrected chi connectivity index (χ0v) is 24.7. The molecular weight excluding hydrogens is 542 g/mol. The Morgan fingerprint density at radius 1 is 1.12 bits per heavy atom. The number of carbonyl (C=O) groups is 2. The lowest BCUT2D eigenvalue weighted by atomic mass is 9.67. The summed E-state index contributed by atoms with van der Waals surface area (Å²) in [5.74, 6) is -3.58. The Balaban J connectivity index is 1.95. The van der Waals surface area contributed by atoms with E-state index in [2.05, 4.69) is 12.2 Å². The summed E-state index contributed by atoms with van der Waals surface area (Å²) in [5, 5.41) is 25.5. The minimum absolute atomic E-state index is 0.00179. The second kappa shape index (κ2) is 15.4. The van der Waals surface area contributed by atoms with Gasteiger partial charge in [0.1, 0.15) is 36.0 Å². The Labute approximate surface area is 246 Å². The Kier molecular flexibility index (Phi) is 12.0. The van der Waals surface area contributed by atoms with Crippen molar-refractivity contribution in [2.75, 3.05) is 26.9 Å². The third-order valence-corrected chi connectivity index (χ3v) is 7.48. The van der Waals surface area contributed by atoms with Crippen molar-refractivity contribution in [3.8, 4) is 5.75 Å². The van der Waals surface area contributed by atoms with Crippen LogP contribution in [0.4, 0.5) is 5.69 Å². The van der Waals surface area contributed by atoms with Gasteiger partial charge in [0.25, 0.3) is 5.69 Å². The lowest BCUT2D eigenvalue weighted by Gasteiger charge is -2.45. The number of hydrogen-bond donors (Lipinski definition) is 2. The van der Waals surface area contributed by atoms with E-state index in [1.165, 1.54) is 25.3 Å². The standard InChI is InChI=1S/C31H41N3O8/c1-5-6-7-11-17-41-29(36)26-21(2)33-31(3,32-19-24(35)20-42-25-15-9-8-10-16-25)28(30(37)40-4)27(26)22-13-12-14-23(18-22)34(38)39/h8-10,12-16,18,24,26-28,32,35H,5-7,11,17,19-20H2,1-4H3. The predicted molar refractivity (Wildman–Crippen MR) is 157 cm³/mol. The summed E-state index contributed by atoms with van der Waals surface area (Å²) in [4.78, 5) is 42.8. The molecule has 1 aliphatic heterocycles. The molecular formula is C31H41N3O8. The highest BCUT2D eigenvalue weighted by Crippen LogP contribution is 2.45. The molecule has 0 saturated carbocycles. The van der Waals surface area contributed by atoms with Gasteiger partial charge in [-0.3, -0.25) is 30.0 Å². The number of nitro groups is 1. The molecule has 1 heterocycles. The average Bonchev–Trinajstić information content (AvgIpc) is 2.98. The number of methoxy groups -OCH3 is 1. The van der Waals surface area contributed by atoms with Crippen LogP contribution in [0.3, 0.4) is 0 Å². The van der Waals surface area contributed by atoms with Gasteiger partial charge in [-0.2, -0.15) is 0 Å². The summed E-state index contributed by atoms with van der Waals surface area (Å²) in [7, 11) is 1.24. The second-order valence-corrected chi connectivity index (χ2v) is 10.6. The summed E-state index contributed by atoms with van der Waals surface area (Å²) in [6.07, 6.45) is 2.72. The number of nitrogens with zero attached hydrogens (tertiary/aromatic N) is 2. The number of ether oxygens (including phenoxy) is 3. The van der Waals surface area contributed by atoms with Crippen molar-refractivity contribution >= 4 is 23.3 Å². The highest BCUT2D eigenvalue weighted by Gasteiger charge is 2.54. The molecule has 3 rings (SSSR count). The van der Waals surface area contributed by atoms with E-state index in [1.54, 1.807) is 32.0 Å². The number of benzene rings is 2. The number of nitro benzene ring substituents is 1. The van der Waals surface area contributed by atoms with Crippen LogP contribution in [0.1, 0.15) is 57.9 Å². The second-order valence-electron chi connectivity index (χ2n) is 10.6. The Morgan fingerprint density at radius 3 is 2.52 bits per heavy atom. The molecule has 228 valence electrons. The van der Waals surface area contributed by atoms with E-state index in [0.717, 1.165) is 19.3 Å². The zero-order valence-electron chi connectivity index (χ0n) is 24.7. The van der Waals surface area contributed by atoms with Crippen LogP contribution in [0.25, 0.3) is 0 Å². The van der Waals surface area contributed by atoms with Crippen LogP contribution in [0.5, 0.6) is 5.75 Å². The number of unbranched alkanes of at least 4 members (excludes halogenated alkanes) is 3. The fourth-order valence-electron chi connectivity index (χ4n) is 5.39. The van der Waals surface area contributed by atoms with Gasteiger partial charge in [-0.1, -0.05) is 56.5 Å². The van der Waals surface area contributed by atoms with Crippen molar-refractivity contribution in [2.24, 2.45) is 16.8 Å². The number of esters is 2. The molecule has 0 fully saturated rings. The molecule has 0 aliphatic carbocycles. The molecule has 2 aromatic carbocycles. The molecule has 11 nitrogen and oxygen atoms in total. The summed E-state index contributed by atoms with van der Waals surface area (Å²) in [6, 6.07) is 14.9.